The first kappa shape index (κ1) is 25.4. The SMILES string of the molecule is CCCn1ncc(S(=O)(=O)N2CCC3=Cc4c(cnn4-c4ccc(F)cc4)CC3(COc3ccnn3C)C2)n1. The third kappa shape index (κ3) is 4.55. The highest BCUT2D eigenvalue weighted by Crippen LogP contribution is 2.45. The van der Waals surface area contributed by atoms with Gasteiger partial charge in [-0.15, -0.1) is 5.10 Å². The zero-order chi connectivity index (χ0) is 27.2. The monoisotopic (exact) mass is 552 g/mol. The first-order valence-corrected chi connectivity index (χ1v) is 14.3. The van der Waals surface area contributed by atoms with Gasteiger partial charge in [0, 0.05) is 31.6 Å². The molecular weight excluding hydrogens is 523 g/mol. The average molecular weight is 553 g/mol. The van der Waals surface area contributed by atoms with Gasteiger partial charge in [-0.2, -0.15) is 24.4 Å². The van der Waals surface area contributed by atoms with E-state index in [1.54, 1.807) is 47.0 Å². The summed E-state index contributed by atoms with van der Waals surface area (Å²) >= 11 is 0. The summed E-state index contributed by atoms with van der Waals surface area (Å²) in [6.07, 6.45) is 8.71. The molecule has 0 bridgehead atoms. The molecule has 0 amide bonds. The third-order valence-corrected chi connectivity index (χ3v) is 9.11. The Balaban J connectivity index is 1.36. The molecule has 204 valence electrons. The summed E-state index contributed by atoms with van der Waals surface area (Å²) in [5.74, 6) is 0.284. The van der Waals surface area contributed by atoms with E-state index in [0.717, 1.165) is 28.9 Å². The van der Waals surface area contributed by atoms with Crippen molar-refractivity contribution in [1.82, 2.24) is 38.9 Å². The van der Waals surface area contributed by atoms with Crippen molar-refractivity contribution in [2.24, 2.45) is 12.5 Å². The van der Waals surface area contributed by atoms with Gasteiger partial charge in [0.2, 0.25) is 10.9 Å². The van der Waals surface area contributed by atoms with Crippen molar-refractivity contribution in [3.05, 3.63) is 71.6 Å². The number of benzene rings is 1. The van der Waals surface area contributed by atoms with Crippen molar-refractivity contribution in [2.75, 3.05) is 19.7 Å². The highest BCUT2D eigenvalue weighted by atomic mass is 32.2. The van der Waals surface area contributed by atoms with E-state index in [1.807, 2.05) is 6.92 Å². The quantitative estimate of drug-likeness (QED) is 0.330. The van der Waals surface area contributed by atoms with Gasteiger partial charge in [-0.25, -0.2) is 22.2 Å². The van der Waals surface area contributed by atoms with E-state index in [9.17, 15) is 12.8 Å². The van der Waals surface area contributed by atoms with Crippen LogP contribution in [0.1, 0.15) is 31.0 Å². The molecule has 1 aromatic carbocycles. The lowest BCUT2D eigenvalue weighted by molar-refractivity contribution is 0.118. The zero-order valence-electron chi connectivity index (χ0n) is 21.7. The van der Waals surface area contributed by atoms with Crippen LogP contribution in [0.25, 0.3) is 11.8 Å². The summed E-state index contributed by atoms with van der Waals surface area (Å²) in [5, 5.41) is 17.1. The average Bonchev–Trinajstić information content (AvgIpc) is 3.67. The molecule has 0 radical (unpaired) electrons. The highest BCUT2D eigenvalue weighted by Gasteiger charge is 2.47. The summed E-state index contributed by atoms with van der Waals surface area (Å²) in [6, 6.07) is 7.98. The summed E-state index contributed by atoms with van der Waals surface area (Å²) in [5.41, 5.74) is 3.08. The van der Waals surface area contributed by atoms with E-state index < -0.39 is 15.4 Å². The fraction of sp³-hybridized carbons (Fsp3) is 0.385. The van der Waals surface area contributed by atoms with E-state index in [-0.39, 0.29) is 24.0 Å². The summed E-state index contributed by atoms with van der Waals surface area (Å²) in [4.78, 5) is 1.42. The van der Waals surface area contributed by atoms with E-state index in [0.29, 0.717) is 31.8 Å². The lowest BCUT2D eigenvalue weighted by atomic mass is 9.69. The molecule has 1 fully saturated rings. The molecule has 4 heterocycles. The molecule has 4 aromatic rings. The number of hydrogen-bond donors (Lipinski definition) is 0. The number of rotatable bonds is 8. The molecular formula is C26H29FN8O3S. The fourth-order valence-electron chi connectivity index (χ4n) is 5.37. The van der Waals surface area contributed by atoms with Gasteiger partial charge in [-0.1, -0.05) is 12.5 Å². The first-order valence-electron chi connectivity index (χ1n) is 12.8. The first-order chi connectivity index (χ1) is 18.8. The minimum absolute atomic E-state index is 0.0493. The van der Waals surface area contributed by atoms with Crippen LogP contribution in [0.4, 0.5) is 4.39 Å². The summed E-state index contributed by atoms with van der Waals surface area (Å²) in [6.45, 7) is 3.32. The van der Waals surface area contributed by atoms with Crippen molar-refractivity contribution >= 4 is 16.1 Å². The maximum absolute atomic E-state index is 13.7. The number of aromatic nitrogens is 7. The molecule has 6 rings (SSSR count). The summed E-state index contributed by atoms with van der Waals surface area (Å²) < 4.78 is 52.0. The number of ether oxygens (including phenoxy) is 1. The fourth-order valence-corrected chi connectivity index (χ4v) is 6.76. The number of fused-ring (bicyclic) bond motifs is 2. The largest absolute Gasteiger partial charge is 0.477 e. The van der Waals surface area contributed by atoms with E-state index in [2.05, 4.69) is 26.5 Å². The zero-order valence-corrected chi connectivity index (χ0v) is 22.6. The second kappa shape index (κ2) is 9.72. The molecule has 3 aromatic heterocycles. The Bertz CT molecular complexity index is 1640. The van der Waals surface area contributed by atoms with Crippen LogP contribution >= 0.6 is 0 Å². The van der Waals surface area contributed by atoms with E-state index in [1.165, 1.54) is 27.4 Å². The van der Waals surface area contributed by atoms with Gasteiger partial charge < -0.3 is 4.74 Å². The number of hydrogen-bond acceptors (Lipinski definition) is 7. The molecule has 0 spiro atoms. The van der Waals surface area contributed by atoms with Crippen molar-refractivity contribution in [3.8, 4) is 11.6 Å². The van der Waals surface area contributed by atoms with Crippen LogP contribution in [0.15, 0.2) is 59.5 Å². The third-order valence-electron chi connectivity index (χ3n) is 7.40. The second-order valence-electron chi connectivity index (χ2n) is 10.0. The Morgan fingerprint density at radius 3 is 2.67 bits per heavy atom. The normalized spacial score (nSPS) is 19.4. The Labute approximate surface area is 225 Å². The van der Waals surface area contributed by atoms with Gasteiger partial charge >= 0.3 is 0 Å². The van der Waals surface area contributed by atoms with Gasteiger partial charge in [0.05, 0.1) is 36.5 Å². The second-order valence-corrected chi connectivity index (χ2v) is 11.9. The molecule has 0 saturated carbocycles. The lowest BCUT2D eigenvalue weighted by Crippen LogP contribution is -2.52. The van der Waals surface area contributed by atoms with Crippen LogP contribution in [-0.4, -0.2) is 67.0 Å². The van der Waals surface area contributed by atoms with Gasteiger partial charge in [-0.3, -0.25) is 0 Å². The Kier molecular flexibility index (Phi) is 6.34. The maximum Gasteiger partial charge on any atom is 0.264 e. The van der Waals surface area contributed by atoms with Gasteiger partial charge in [0.25, 0.3) is 10.0 Å². The highest BCUT2D eigenvalue weighted by molar-refractivity contribution is 7.89. The standard InChI is InChI=1S/C26H29FN8O3S/c1-3-11-34-29-16-24(31-34)39(36,37)33-12-9-20-13-23-19(15-30-35(23)22-6-4-21(27)5-7-22)14-26(20,17-33)18-38-25-8-10-28-32(25)2/h4-8,10,13,15-16H,3,9,11-12,14,17-18H2,1-2H3. The molecule has 1 aliphatic heterocycles. The van der Waals surface area contributed by atoms with Crippen LogP contribution in [0.3, 0.4) is 0 Å². The van der Waals surface area contributed by atoms with E-state index >= 15 is 0 Å². The van der Waals surface area contributed by atoms with Crippen molar-refractivity contribution in [3.63, 3.8) is 0 Å². The summed E-state index contributed by atoms with van der Waals surface area (Å²) in [7, 11) is -2.07. The molecule has 0 N–H and O–H groups in total. The van der Waals surface area contributed by atoms with Crippen LogP contribution in [-0.2, 0) is 30.0 Å². The molecule has 1 atom stereocenters. The van der Waals surface area contributed by atoms with Crippen LogP contribution < -0.4 is 4.74 Å². The molecule has 1 aliphatic carbocycles. The topological polar surface area (TPSA) is 113 Å². The molecule has 39 heavy (non-hydrogen) atoms. The van der Waals surface area contributed by atoms with Crippen molar-refractivity contribution in [2.45, 2.75) is 37.8 Å². The minimum Gasteiger partial charge on any atom is -0.477 e. The van der Waals surface area contributed by atoms with E-state index in [4.69, 9.17) is 4.74 Å². The Hall–Kier alpha value is -3.84. The van der Waals surface area contributed by atoms with Crippen LogP contribution in [0.2, 0.25) is 0 Å². The lowest BCUT2D eigenvalue weighted by Gasteiger charge is -2.45. The number of aryl methyl sites for hydroxylation is 2. The molecule has 11 nitrogen and oxygen atoms in total. The Morgan fingerprint density at radius 2 is 1.92 bits per heavy atom. The predicted octanol–water partition coefficient (Wildman–Crippen LogP) is 2.85. The molecule has 1 unspecified atom stereocenters. The van der Waals surface area contributed by atoms with Gasteiger partial charge in [-0.05, 0) is 55.2 Å². The van der Waals surface area contributed by atoms with Gasteiger partial charge in [0.15, 0.2) is 0 Å². The Morgan fingerprint density at radius 1 is 1.10 bits per heavy atom. The number of sulfonamides is 1. The van der Waals surface area contributed by atoms with Crippen LogP contribution in [0.5, 0.6) is 5.88 Å². The minimum atomic E-state index is -3.87. The smallest absolute Gasteiger partial charge is 0.264 e. The van der Waals surface area contributed by atoms with Gasteiger partial charge in [0.1, 0.15) is 12.4 Å². The molecule has 1 saturated heterocycles. The number of piperidine rings is 1. The number of nitrogens with zero attached hydrogens (tertiary/aromatic N) is 8. The molecule has 2 aliphatic rings. The molecule has 13 heteroatoms. The predicted molar refractivity (Wildman–Crippen MR) is 140 cm³/mol. The van der Waals surface area contributed by atoms with Crippen molar-refractivity contribution < 1.29 is 17.5 Å². The maximum atomic E-state index is 13.7. The van der Waals surface area contributed by atoms with Crippen LogP contribution in [0, 0.1) is 11.2 Å². The number of halogens is 1. The van der Waals surface area contributed by atoms with Crippen molar-refractivity contribution in [1.29, 1.82) is 0 Å².